The predicted molar refractivity (Wildman–Crippen MR) is 201 cm³/mol. The van der Waals surface area contributed by atoms with Gasteiger partial charge in [-0.2, -0.15) is 0 Å². The molecule has 0 spiro atoms. The summed E-state index contributed by atoms with van der Waals surface area (Å²) < 4.78 is 4.11. The number of unbranched alkanes of at least 4 members (excludes halogenated alkanes) is 8. The summed E-state index contributed by atoms with van der Waals surface area (Å²) in [5, 5.41) is 34.4. The van der Waals surface area contributed by atoms with Gasteiger partial charge in [0, 0.05) is 78.7 Å². The van der Waals surface area contributed by atoms with E-state index >= 15 is 0 Å². The fourth-order valence-electron chi connectivity index (χ4n) is 5.32. The number of carbonyl (C=O) groups is 5. The molecule has 19 nitrogen and oxygen atoms in total. The average molecular weight is 964 g/mol. The van der Waals surface area contributed by atoms with E-state index in [0.717, 1.165) is 69.8 Å². The van der Waals surface area contributed by atoms with Crippen LogP contribution in [0.3, 0.4) is 0 Å². The summed E-state index contributed by atoms with van der Waals surface area (Å²) in [7, 11) is 4.03. The Morgan fingerprint density at radius 2 is 1.11 bits per heavy atom. The summed E-state index contributed by atoms with van der Waals surface area (Å²) in [5.41, 5.74) is 0. The average Bonchev–Trinajstić information content (AvgIpc) is 3.77. The van der Waals surface area contributed by atoms with E-state index in [-0.39, 0.29) is 39.2 Å². The van der Waals surface area contributed by atoms with E-state index in [0.29, 0.717) is 25.8 Å². The van der Waals surface area contributed by atoms with Crippen LogP contribution in [0.1, 0.15) is 102 Å². The Kier molecular flexibility index (Phi) is 35.6. The van der Waals surface area contributed by atoms with Gasteiger partial charge in [0.2, 0.25) is 5.91 Å². The number of nitrogens with zero attached hydrogens (tertiary/aromatic N) is 5. The van der Waals surface area contributed by atoms with Crippen LogP contribution < -0.4 is 16.0 Å². The van der Waals surface area contributed by atoms with E-state index < -0.39 is 42.4 Å². The van der Waals surface area contributed by atoms with Crippen molar-refractivity contribution in [3.05, 3.63) is 36.4 Å². The van der Waals surface area contributed by atoms with Crippen molar-refractivity contribution >= 4 is 50.2 Å². The molecule has 0 fully saturated rings. The van der Waals surface area contributed by atoms with Crippen molar-refractivity contribution in [2.45, 2.75) is 115 Å². The van der Waals surface area contributed by atoms with Crippen LogP contribution in [0.4, 0.5) is 4.79 Å². The van der Waals surface area contributed by atoms with E-state index in [4.69, 9.17) is 24.6 Å². The van der Waals surface area contributed by atoms with Gasteiger partial charge in [-0.1, -0.05) is 38.5 Å². The van der Waals surface area contributed by atoms with Crippen molar-refractivity contribution in [1.29, 1.82) is 0 Å². The third kappa shape index (κ3) is 26.9. The molecule has 0 aromatic carbocycles. The van der Waals surface area contributed by atoms with Crippen LogP contribution in [-0.2, 0) is 81.2 Å². The Bertz CT molecular complexity index is 1330. The number of aryl methyl sites for hydroxylation is 2. The van der Waals surface area contributed by atoms with Gasteiger partial charge in [-0.15, -0.1) is 0 Å². The molecule has 0 aliphatic heterocycles. The Hall–Kier alpha value is -4.80. The Morgan fingerprint density at radius 3 is 1.54 bits per heavy atom. The van der Waals surface area contributed by atoms with Crippen LogP contribution in [-0.4, -0.2) is 115 Å². The second-order valence-corrected chi connectivity index (χ2v) is 12.4. The van der Waals surface area contributed by atoms with Crippen molar-refractivity contribution in [3.63, 3.8) is 0 Å². The molecule has 20 heteroatoms. The second-order valence-electron chi connectivity index (χ2n) is 12.4. The monoisotopic (exact) mass is 964 g/mol. The van der Waals surface area contributed by atoms with Crippen molar-refractivity contribution in [2.24, 2.45) is 14.1 Å². The maximum Gasteiger partial charge on any atom is 0.326 e. The van der Waals surface area contributed by atoms with Gasteiger partial charge in [0.15, 0.2) is 0 Å². The standard InChI is InChI=1S/C33H54N8O8.3CHO.Re/c1-39-21-18-34-27(39)23-41(24-28-35-19-22-40(28)2)20-12-8-6-4-3-5-7-9-14-29(42)36-17-11-10-13-25(31(45)46)37-33(49)38-26(32(47)48)15-16-30(43)44;3*1-2;/h18-19,21-22,25-26H,3-17,20,23-24H2,1-2H3,(H,36,42)(H,43,44)(H,45,46)(H,47,48)(H2,37,38,49);3*1H;/q;3*-1;/t25-,26-;;;;/m0..../s1. The fraction of sp³-hybridized carbons (Fsp3) is 0.611. The molecule has 6 N–H and O–H groups in total. The Morgan fingerprint density at radius 1 is 0.661 bits per heavy atom. The predicted octanol–water partition coefficient (Wildman–Crippen LogP) is 2.20. The van der Waals surface area contributed by atoms with Gasteiger partial charge < -0.3 is 54.8 Å². The first-order chi connectivity index (χ1) is 26.5. The molecule has 2 aromatic heterocycles. The molecule has 0 aliphatic carbocycles. The van der Waals surface area contributed by atoms with Crippen LogP contribution in [0.5, 0.6) is 0 Å². The molecule has 1 radical (unpaired) electrons. The molecule has 56 heavy (non-hydrogen) atoms. The molecule has 0 saturated carbocycles. The number of hydrogen-bond donors (Lipinski definition) is 6. The third-order valence-corrected chi connectivity index (χ3v) is 8.30. The van der Waals surface area contributed by atoms with Crippen LogP contribution in [0.15, 0.2) is 24.8 Å². The van der Waals surface area contributed by atoms with Crippen molar-refractivity contribution in [1.82, 2.24) is 40.0 Å². The quantitative estimate of drug-likeness (QED) is 0.0426. The van der Waals surface area contributed by atoms with Gasteiger partial charge in [-0.05, 0) is 45.1 Å². The van der Waals surface area contributed by atoms with Crippen LogP contribution in [0.25, 0.3) is 0 Å². The molecule has 2 atom stereocenters. The minimum Gasteiger partial charge on any atom is -0.545 e. The van der Waals surface area contributed by atoms with Gasteiger partial charge in [-0.25, -0.2) is 24.4 Å². The van der Waals surface area contributed by atoms with Gasteiger partial charge in [0.1, 0.15) is 23.7 Å². The molecule has 0 saturated heterocycles. The number of aliphatic carboxylic acids is 3. The van der Waals surface area contributed by atoms with E-state index in [1.54, 1.807) is 0 Å². The van der Waals surface area contributed by atoms with Crippen LogP contribution >= 0.6 is 0 Å². The fourth-order valence-corrected chi connectivity index (χ4v) is 5.32. The largest absolute Gasteiger partial charge is 0.545 e. The van der Waals surface area contributed by atoms with Crippen LogP contribution in [0, 0.1) is 0 Å². The molecule has 0 bridgehead atoms. The minimum absolute atomic E-state index is 0. The summed E-state index contributed by atoms with van der Waals surface area (Å²) in [6.07, 6.45) is 16.9. The molecule has 317 valence electrons. The van der Waals surface area contributed by atoms with Gasteiger partial charge in [-0.3, -0.25) is 34.9 Å². The molecule has 0 aliphatic rings. The number of aromatic nitrogens is 4. The third-order valence-electron chi connectivity index (χ3n) is 8.30. The van der Waals surface area contributed by atoms with Crippen molar-refractivity contribution in [2.75, 3.05) is 13.1 Å². The van der Waals surface area contributed by atoms with Crippen LogP contribution in [0.2, 0.25) is 0 Å². The SMILES string of the molecule is Cn1ccnc1CN(CCCCCCCCCCC(=O)NCCCC[C@H](NC(=O)N[C@@H](CCC(=O)O)C(=O)O)C(=O)O)Cc1nccn1C.[CH-]=O.[CH-]=O.[CH-]=O.[Re]. The maximum absolute atomic E-state index is 12.2. The smallest absolute Gasteiger partial charge is 0.326 e. The van der Waals surface area contributed by atoms with E-state index in [2.05, 4.69) is 60.3 Å². The summed E-state index contributed by atoms with van der Waals surface area (Å²) in [6, 6.07) is -3.72. The number of nitrogens with one attached hydrogen (secondary N) is 3. The Balaban J connectivity index is -0.00000382. The van der Waals surface area contributed by atoms with Gasteiger partial charge in [0.05, 0.1) is 13.1 Å². The number of carboxylic acids is 3. The summed E-state index contributed by atoms with van der Waals surface area (Å²) >= 11 is 0. The zero-order valence-electron chi connectivity index (χ0n) is 32.1. The van der Waals surface area contributed by atoms with Gasteiger partial charge in [0.25, 0.3) is 0 Å². The first-order valence-electron chi connectivity index (χ1n) is 17.8. The zero-order valence-corrected chi connectivity index (χ0v) is 34.9. The molecule has 2 heterocycles. The summed E-state index contributed by atoms with van der Waals surface area (Å²) in [5.74, 6) is -1.88. The van der Waals surface area contributed by atoms with E-state index in [1.165, 1.54) is 12.8 Å². The molecular formula is C36H57N8O11Re-3. The number of imidazole rings is 2. The Labute approximate surface area is 342 Å². The summed E-state index contributed by atoms with van der Waals surface area (Å²) in [6.45, 7) is 12.7. The number of amides is 3. The maximum atomic E-state index is 12.2. The van der Waals surface area contributed by atoms with E-state index in [1.807, 2.05) is 38.9 Å². The topological polar surface area (TPSA) is 272 Å². The minimum atomic E-state index is -1.46. The molecule has 3 amide bonds. The number of rotatable bonds is 27. The normalized spacial score (nSPS) is 11.1. The molecule has 2 aromatic rings. The number of hydrogen-bond acceptors (Lipinski definition) is 11. The molecular weight excluding hydrogens is 907 g/mol. The summed E-state index contributed by atoms with van der Waals surface area (Å²) in [4.78, 5) is 92.3. The molecule has 2 rings (SSSR count). The zero-order chi connectivity index (χ0) is 42.0. The van der Waals surface area contributed by atoms with E-state index in [9.17, 15) is 29.1 Å². The van der Waals surface area contributed by atoms with Gasteiger partial charge >= 0.3 is 23.9 Å². The first kappa shape index (κ1) is 55.5. The second kappa shape index (κ2) is 35.9. The van der Waals surface area contributed by atoms with Crippen molar-refractivity contribution < 1.29 is 74.1 Å². The van der Waals surface area contributed by atoms with Crippen molar-refractivity contribution in [3.8, 4) is 0 Å². The number of carbonyl (C=O) groups excluding carboxylic acids is 5. The number of urea groups is 1. The molecule has 0 unspecified atom stereocenters. The number of carboxylic acid groups (broad SMARTS) is 3. The first-order valence-corrected chi connectivity index (χ1v) is 17.8.